The van der Waals surface area contributed by atoms with Gasteiger partial charge in [-0.25, -0.2) is 0 Å². The molecule has 0 fully saturated rings. The smallest absolute Gasteiger partial charge is 0.254 e. The van der Waals surface area contributed by atoms with E-state index in [1.165, 1.54) is 0 Å². The monoisotopic (exact) mass is 256 g/mol. The molecule has 0 aliphatic carbocycles. The number of isothiocyanates is 2. The van der Waals surface area contributed by atoms with Crippen LogP contribution in [-0.4, -0.2) is 22.1 Å². The fourth-order valence-electron chi connectivity index (χ4n) is 1.12. The molecule has 0 aromatic carbocycles. The van der Waals surface area contributed by atoms with Crippen LogP contribution in [0.1, 0.15) is 38.5 Å². The van der Waals surface area contributed by atoms with Gasteiger partial charge in [-0.05, 0) is 37.3 Å². The van der Waals surface area contributed by atoms with E-state index in [1.807, 2.05) is 10.3 Å². The molecule has 0 atom stereocenters. The summed E-state index contributed by atoms with van der Waals surface area (Å²) in [5.74, 6) is -0.479. The maximum atomic E-state index is 10.9. The first-order chi connectivity index (χ1) is 7.70. The molecule has 16 heavy (non-hydrogen) atoms. The third-order valence-corrected chi connectivity index (χ3v) is 2.05. The van der Waals surface area contributed by atoms with E-state index in [0.717, 1.165) is 25.7 Å². The average molecular weight is 256 g/mol. The molecule has 0 radical (unpaired) electrons. The van der Waals surface area contributed by atoms with E-state index in [0.29, 0.717) is 12.8 Å². The second-order valence-corrected chi connectivity index (χ2v) is 3.47. The molecule has 0 aromatic rings. The van der Waals surface area contributed by atoms with E-state index in [1.54, 1.807) is 0 Å². The van der Waals surface area contributed by atoms with Crippen LogP contribution < -0.4 is 0 Å². The quantitative estimate of drug-likeness (QED) is 0.399. The zero-order chi connectivity index (χ0) is 12.2. The molecule has 0 rings (SSSR count). The van der Waals surface area contributed by atoms with Crippen LogP contribution in [0.4, 0.5) is 0 Å². The minimum atomic E-state index is -0.239. The number of unbranched alkanes of at least 4 members (excludes halogenated alkanes) is 3. The Morgan fingerprint density at radius 1 is 0.812 bits per heavy atom. The third-order valence-electron chi connectivity index (χ3n) is 1.87. The van der Waals surface area contributed by atoms with Crippen LogP contribution in [0.5, 0.6) is 0 Å². The molecular formula is C10H12N2O2S2. The summed E-state index contributed by atoms with van der Waals surface area (Å²) >= 11 is 8.60. The summed E-state index contributed by atoms with van der Waals surface area (Å²) in [6.45, 7) is 0. The fraction of sp³-hybridized carbons (Fsp3) is 0.600. The van der Waals surface area contributed by atoms with Crippen molar-refractivity contribution in [3.8, 4) is 0 Å². The zero-order valence-corrected chi connectivity index (χ0v) is 10.4. The lowest BCUT2D eigenvalue weighted by molar-refractivity contribution is -0.118. The van der Waals surface area contributed by atoms with Crippen molar-refractivity contribution in [2.75, 3.05) is 0 Å². The van der Waals surface area contributed by atoms with Gasteiger partial charge in [0, 0.05) is 12.8 Å². The van der Waals surface area contributed by atoms with E-state index in [2.05, 4.69) is 34.4 Å². The maximum absolute atomic E-state index is 10.9. The lowest BCUT2D eigenvalue weighted by atomic mass is 10.1. The Morgan fingerprint density at radius 3 is 1.50 bits per heavy atom. The van der Waals surface area contributed by atoms with E-state index in [-0.39, 0.29) is 11.8 Å². The summed E-state index contributed by atoms with van der Waals surface area (Å²) < 4.78 is 0. The van der Waals surface area contributed by atoms with Gasteiger partial charge >= 0.3 is 0 Å². The van der Waals surface area contributed by atoms with Crippen LogP contribution in [0, 0.1) is 0 Å². The lowest BCUT2D eigenvalue weighted by Gasteiger charge is -1.97. The number of aliphatic imine (C=N–C) groups is 2. The van der Waals surface area contributed by atoms with Gasteiger partial charge in [0.25, 0.3) is 11.8 Å². The molecule has 0 saturated carbocycles. The molecule has 0 heterocycles. The van der Waals surface area contributed by atoms with Crippen molar-refractivity contribution in [3.63, 3.8) is 0 Å². The predicted octanol–water partition coefficient (Wildman–Crippen LogP) is 2.59. The first kappa shape index (κ1) is 14.9. The number of carbonyl (C=O) groups is 2. The van der Waals surface area contributed by atoms with Crippen LogP contribution >= 0.6 is 24.4 Å². The number of hydrogen-bond donors (Lipinski definition) is 0. The molecule has 0 aliphatic heterocycles. The third kappa shape index (κ3) is 9.49. The molecule has 0 aliphatic rings. The molecule has 2 amide bonds. The van der Waals surface area contributed by atoms with Gasteiger partial charge in [0.15, 0.2) is 0 Å². The Bertz CT molecular complexity index is 309. The molecule has 0 saturated heterocycles. The zero-order valence-electron chi connectivity index (χ0n) is 8.77. The summed E-state index contributed by atoms with van der Waals surface area (Å²) in [7, 11) is 0. The Labute approximate surface area is 105 Å². The van der Waals surface area contributed by atoms with Gasteiger partial charge in [0.05, 0.1) is 10.3 Å². The Kier molecular flexibility index (Phi) is 9.76. The Morgan fingerprint density at radius 2 is 1.19 bits per heavy atom. The van der Waals surface area contributed by atoms with E-state index < -0.39 is 0 Å². The SMILES string of the molecule is O=C(CCCCCCC(=O)N=C=S)N=C=S. The van der Waals surface area contributed by atoms with Gasteiger partial charge in [-0.3, -0.25) is 9.59 Å². The van der Waals surface area contributed by atoms with Crippen molar-refractivity contribution < 1.29 is 9.59 Å². The van der Waals surface area contributed by atoms with Gasteiger partial charge < -0.3 is 0 Å². The fourth-order valence-corrected chi connectivity index (χ4v) is 1.32. The van der Waals surface area contributed by atoms with Gasteiger partial charge in [-0.2, -0.15) is 9.98 Å². The summed E-state index contributed by atoms with van der Waals surface area (Å²) in [4.78, 5) is 28.4. The van der Waals surface area contributed by atoms with Crippen LogP contribution in [-0.2, 0) is 9.59 Å². The molecule has 6 heteroatoms. The number of rotatable bonds is 7. The number of carbonyl (C=O) groups excluding carboxylic acids is 2. The molecule has 0 unspecified atom stereocenters. The second-order valence-electron chi connectivity index (χ2n) is 3.11. The van der Waals surface area contributed by atoms with E-state index in [9.17, 15) is 9.59 Å². The van der Waals surface area contributed by atoms with Crippen LogP contribution in [0.15, 0.2) is 9.98 Å². The number of amides is 2. The van der Waals surface area contributed by atoms with Gasteiger partial charge in [-0.15, -0.1) is 0 Å². The molecule has 0 aromatic heterocycles. The average Bonchev–Trinajstić information content (AvgIpc) is 2.24. The Hall–Kier alpha value is -1.06. The minimum absolute atomic E-state index is 0.239. The first-order valence-corrected chi connectivity index (χ1v) is 5.73. The highest BCUT2D eigenvalue weighted by molar-refractivity contribution is 7.78. The van der Waals surface area contributed by atoms with Gasteiger partial charge in [0.2, 0.25) is 0 Å². The standard InChI is InChI=1S/C10H12N2O2S2/c13-9(11-7-15)5-3-1-2-4-6-10(14)12-8-16/h1-6H2. The normalized spacial score (nSPS) is 8.75. The van der Waals surface area contributed by atoms with Crippen molar-refractivity contribution in [2.24, 2.45) is 9.98 Å². The van der Waals surface area contributed by atoms with Crippen molar-refractivity contribution >= 4 is 46.6 Å². The van der Waals surface area contributed by atoms with Crippen LogP contribution in [0.3, 0.4) is 0 Å². The van der Waals surface area contributed by atoms with Crippen molar-refractivity contribution in [3.05, 3.63) is 0 Å². The summed E-state index contributed by atoms with van der Waals surface area (Å²) in [5, 5.41) is 4.07. The first-order valence-electron chi connectivity index (χ1n) is 4.92. The highest BCUT2D eigenvalue weighted by Gasteiger charge is 2.00. The van der Waals surface area contributed by atoms with Gasteiger partial charge in [0.1, 0.15) is 0 Å². The summed E-state index contributed by atoms with van der Waals surface area (Å²) in [6.07, 6.45) is 4.04. The minimum Gasteiger partial charge on any atom is -0.272 e. The number of thiocarbonyl (C=S) groups is 2. The van der Waals surface area contributed by atoms with Gasteiger partial charge in [-0.1, -0.05) is 12.8 Å². The Balaban J connectivity index is 3.40. The largest absolute Gasteiger partial charge is 0.272 e. The topological polar surface area (TPSA) is 58.9 Å². The number of nitrogens with zero attached hydrogens (tertiary/aromatic N) is 2. The molecule has 0 bridgehead atoms. The van der Waals surface area contributed by atoms with Crippen molar-refractivity contribution in [2.45, 2.75) is 38.5 Å². The summed E-state index contributed by atoms with van der Waals surface area (Å²) in [5.41, 5.74) is 0. The second kappa shape index (κ2) is 10.5. The highest BCUT2D eigenvalue weighted by Crippen LogP contribution is 2.06. The van der Waals surface area contributed by atoms with Crippen molar-refractivity contribution in [1.82, 2.24) is 0 Å². The van der Waals surface area contributed by atoms with Crippen molar-refractivity contribution in [1.29, 1.82) is 0 Å². The molecule has 0 N–H and O–H groups in total. The lowest BCUT2D eigenvalue weighted by Crippen LogP contribution is -1.94. The van der Waals surface area contributed by atoms with Crippen LogP contribution in [0.2, 0.25) is 0 Å². The molecule has 4 nitrogen and oxygen atoms in total. The molecule has 86 valence electrons. The molecule has 0 spiro atoms. The van der Waals surface area contributed by atoms with E-state index >= 15 is 0 Å². The van der Waals surface area contributed by atoms with Crippen LogP contribution in [0.25, 0.3) is 0 Å². The highest BCUT2D eigenvalue weighted by atomic mass is 32.1. The summed E-state index contributed by atoms with van der Waals surface area (Å²) in [6, 6.07) is 0. The maximum Gasteiger partial charge on any atom is 0.254 e. The van der Waals surface area contributed by atoms with E-state index in [4.69, 9.17) is 0 Å². The predicted molar refractivity (Wildman–Crippen MR) is 67.8 cm³/mol. The molecular weight excluding hydrogens is 244 g/mol. The number of hydrogen-bond acceptors (Lipinski definition) is 4.